The Labute approximate surface area is 131 Å². The SMILES string of the molecule is CCOCC1COc2c(cc3[nH]cc(C(=O)O)c(=O)c3c2C)O1. The predicted molar refractivity (Wildman–Crippen MR) is 82.7 cm³/mol. The lowest BCUT2D eigenvalue weighted by molar-refractivity contribution is 0.0126. The summed E-state index contributed by atoms with van der Waals surface area (Å²) in [5.41, 5.74) is 0.242. The van der Waals surface area contributed by atoms with Crippen molar-refractivity contribution in [1.82, 2.24) is 4.98 Å². The number of rotatable bonds is 4. The minimum absolute atomic E-state index is 0.218. The summed E-state index contributed by atoms with van der Waals surface area (Å²) < 4.78 is 16.9. The first-order valence-electron chi connectivity index (χ1n) is 7.32. The first kappa shape index (κ1) is 15.4. The number of nitrogens with one attached hydrogen (secondary N) is 1. The molecule has 0 bridgehead atoms. The molecule has 1 aliphatic rings. The largest absolute Gasteiger partial charge is 0.485 e. The van der Waals surface area contributed by atoms with Crippen LogP contribution >= 0.6 is 0 Å². The van der Waals surface area contributed by atoms with Gasteiger partial charge in [0, 0.05) is 24.4 Å². The lowest BCUT2D eigenvalue weighted by atomic mass is 10.0. The molecule has 2 heterocycles. The normalized spacial score (nSPS) is 16.5. The molecule has 3 rings (SSSR count). The smallest absolute Gasteiger partial charge is 0.341 e. The van der Waals surface area contributed by atoms with Crippen molar-refractivity contribution in [1.29, 1.82) is 0 Å². The highest BCUT2D eigenvalue weighted by molar-refractivity contribution is 5.94. The Morgan fingerprint density at radius 1 is 1.52 bits per heavy atom. The zero-order valence-electron chi connectivity index (χ0n) is 12.8. The maximum absolute atomic E-state index is 12.4. The average molecular weight is 319 g/mol. The van der Waals surface area contributed by atoms with Crippen molar-refractivity contribution >= 4 is 16.9 Å². The molecule has 0 aliphatic carbocycles. The minimum Gasteiger partial charge on any atom is -0.485 e. The second-order valence-corrected chi connectivity index (χ2v) is 5.30. The van der Waals surface area contributed by atoms with Crippen LogP contribution < -0.4 is 14.9 Å². The number of carbonyl (C=O) groups is 1. The highest BCUT2D eigenvalue weighted by atomic mass is 16.6. The fraction of sp³-hybridized carbons (Fsp3) is 0.375. The van der Waals surface area contributed by atoms with Crippen LogP contribution in [0.3, 0.4) is 0 Å². The van der Waals surface area contributed by atoms with E-state index in [1.54, 1.807) is 13.0 Å². The Morgan fingerprint density at radius 3 is 3.00 bits per heavy atom. The van der Waals surface area contributed by atoms with E-state index in [1.807, 2.05) is 6.92 Å². The fourth-order valence-corrected chi connectivity index (χ4v) is 2.67. The fourth-order valence-electron chi connectivity index (χ4n) is 2.67. The number of benzene rings is 1. The van der Waals surface area contributed by atoms with E-state index in [1.165, 1.54) is 6.20 Å². The number of hydrogen-bond donors (Lipinski definition) is 2. The molecule has 1 aromatic heterocycles. The van der Waals surface area contributed by atoms with Crippen molar-refractivity contribution in [2.45, 2.75) is 20.0 Å². The molecule has 122 valence electrons. The van der Waals surface area contributed by atoms with Crippen molar-refractivity contribution in [2.75, 3.05) is 19.8 Å². The van der Waals surface area contributed by atoms with E-state index in [4.69, 9.17) is 19.3 Å². The summed E-state index contributed by atoms with van der Waals surface area (Å²) in [7, 11) is 0. The highest BCUT2D eigenvalue weighted by Crippen LogP contribution is 2.38. The van der Waals surface area contributed by atoms with Crippen LogP contribution in [0.5, 0.6) is 11.5 Å². The van der Waals surface area contributed by atoms with Crippen LogP contribution in [0.4, 0.5) is 0 Å². The number of aromatic carboxylic acids is 1. The molecule has 1 aliphatic heterocycles. The van der Waals surface area contributed by atoms with E-state index in [9.17, 15) is 9.59 Å². The van der Waals surface area contributed by atoms with Gasteiger partial charge < -0.3 is 24.3 Å². The number of aryl methyl sites for hydroxylation is 1. The standard InChI is InChI=1S/C16H17NO6/c1-3-21-6-9-7-22-15-8(2)13-11(4-12(15)23-9)17-5-10(14(13)18)16(19)20/h4-5,9H,3,6-7H2,1-2H3,(H,17,18)(H,19,20). The first-order valence-corrected chi connectivity index (χ1v) is 7.32. The zero-order valence-corrected chi connectivity index (χ0v) is 12.8. The van der Waals surface area contributed by atoms with Crippen LogP contribution in [-0.4, -0.2) is 42.0 Å². The Kier molecular flexibility index (Phi) is 3.96. The summed E-state index contributed by atoms with van der Waals surface area (Å²) in [4.78, 5) is 26.3. The Bertz CT molecular complexity index is 825. The number of carboxylic acids is 1. The summed E-state index contributed by atoms with van der Waals surface area (Å²) >= 11 is 0. The van der Waals surface area contributed by atoms with Crippen LogP contribution in [0, 0.1) is 6.92 Å². The van der Waals surface area contributed by atoms with Gasteiger partial charge in [-0.3, -0.25) is 4.79 Å². The van der Waals surface area contributed by atoms with E-state index >= 15 is 0 Å². The Hall–Kier alpha value is -2.54. The molecule has 2 N–H and O–H groups in total. The molecule has 23 heavy (non-hydrogen) atoms. The monoisotopic (exact) mass is 319 g/mol. The summed E-state index contributed by atoms with van der Waals surface area (Å²) in [6, 6.07) is 1.66. The maximum Gasteiger partial charge on any atom is 0.341 e. The van der Waals surface area contributed by atoms with Gasteiger partial charge in [0.1, 0.15) is 12.2 Å². The molecule has 0 radical (unpaired) electrons. The van der Waals surface area contributed by atoms with Crippen LogP contribution in [-0.2, 0) is 4.74 Å². The quantitative estimate of drug-likeness (QED) is 0.890. The molecule has 1 atom stereocenters. The average Bonchev–Trinajstić information content (AvgIpc) is 2.52. The lowest BCUT2D eigenvalue weighted by Crippen LogP contribution is -2.34. The molecule has 0 fully saturated rings. The molecule has 0 saturated carbocycles. The second-order valence-electron chi connectivity index (χ2n) is 5.30. The number of aromatic amines is 1. The molecule has 1 aromatic carbocycles. The van der Waals surface area contributed by atoms with Gasteiger partial charge in [0.2, 0.25) is 5.43 Å². The molecule has 0 amide bonds. The molecule has 7 nitrogen and oxygen atoms in total. The van der Waals surface area contributed by atoms with Gasteiger partial charge >= 0.3 is 5.97 Å². The van der Waals surface area contributed by atoms with Gasteiger partial charge in [-0.2, -0.15) is 0 Å². The van der Waals surface area contributed by atoms with Gasteiger partial charge in [-0.15, -0.1) is 0 Å². The Morgan fingerprint density at radius 2 is 2.30 bits per heavy atom. The molecule has 0 spiro atoms. The third-order valence-electron chi connectivity index (χ3n) is 3.77. The topological polar surface area (TPSA) is 97.9 Å². The van der Waals surface area contributed by atoms with Crippen molar-refractivity contribution in [3.05, 3.63) is 33.6 Å². The van der Waals surface area contributed by atoms with Crippen molar-refractivity contribution < 1.29 is 24.1 Å². The Balaban J connectivity index is 2.09. The third kappa shape index (κ3) is 2.63. The number of hydrogen-bond acceptors (Lipinski definition) is 5. The molecule has 7 heteroatoms. The summed E-state index contributed by atoms with van der Waals surface area (Å²) in [5, 5.41) is 9.38. The number of H-pyrrole nitrogens is 1. The van der Waals surface area contributed by atoms with E-state index in [0.29, 0.717) is 47.8 Å². The van der Waals surface area contributed by atoms with Gasteiger partial charge in [0.25, 0.3) is 0 Å². The molecule has 0 saturated heterocycles. The van der Waals surface area contributed by atoms with Crippen LogP contribution in [0.15, 0.2) is 17.1 Å². The first-order chi connectivity index (χ1) is 11.0. The summed E-state index contributed by atoms with van der Waals surface area (Å²) in [5.74, 6) is -0.276. The summed E-state index contributed by atoms with van der Waals surface area (Å²) in [6.45, 7) is 4.94. The minimum atomic E-state index is -1.26. The highest BCUT2D eigenvalue weighted by Gasteiger charge is 2.26. The van der Waals surface area contributed by atoms with Gasteiger partial charge in [0.05, 0.1) is 17.5 Å². The molecular formula is C16H17NO6. The second kappa shape index (κ2) is 5.92. The number of carboxylic acid groups (broad SMARTS) is 1. The number of ether oxygens (including phenoxy) is 3. The van der Waals surface area contributed by atoms with E-state index in [2.05, 4.69) is 4.98 Å². The maximum atomic E-state index is 12.4. The molecule has 1 unspecified atom stereocenters. The van der Waals surface area contributed by atoms with Crippen LogP contribution in [0.1, 0.15) is 22.8 Å². The molecular weight excluding hydrogens is 302 g/mol. The van der Waals surface area contributed by atoms with Crippen molar-refractivity contribution in [2.24, 2.45) is 0 Å². The number of aromatic nitrogens is 1. The summed E-state index contributed by atoms with van der Waals surface area (Å²) in [6.07, 6.45) is 0.976. The zero-order chi connectivity index (χ0) is 16.6. The van der Waals surface area contributed by atoms with Crippen molar-refractivity contribution in [3.63, 3.8) is 0 Å². The predicted octanol–water partition coefficient (Wildman–Crippen LogP) is 1.71. The van der Waals surface area contributed by atoms with Gasteiger partial charge in [-0.25, -0.2) is 4.79 Å². The van der Waals surface area contributed by atoms with E-state index in [0.717, 1.165) is 0 Å². The van der Waals surface area contributed by atoms with Crippen LogP contribution in [0.25, 0.3) is 10.9 Å². The van der Waals surface area contributed by atoms with Crippen molar-refractivity contribution in [3.8, 4) is 11.5 Å². The number of fused-ring (bicyclic) bond motifs is 2. The van der Waals surface area contributed by atoms with E-state index < -0.39 is 11.4 Å². The van der Waals surface area contributed by atoms with E-state index in [-0.39, 0.29) is 11.7 Å². The van der Waals surface area contributed by atoms with Gasteiger partial charge in [0.15, 0.2) is 17.6 Å². The van der Waals surface area contributed by atoms with Gasteiger partial charge in [-0.05, 0) is 13.8 Å². The lowest BCUT2D eigenvalue weighted by Gasteiger charge is -2.28. The van der Waals surface area contributed by atoms with Gasteiger partial charge in [-0.1, -0.05) is 0 Å². The third-order valence-corrected chi connectivity index (χ3v) is 3.77. The van der Waals surface area contributed by atoms with Crippen LogP contribution in [0.2, 0.25) is 0 Å². The number of pyridine rings is 1. The molecule has 2 aromatic rings.